The average molecular weight is 321 g/mol. The van der Waals surface area contributed by atoms with E-state index in [-0.39, 0.29) is 11.5 Å². The summed E-state index contributed by atoms with van der Waals surface area (Å²) in [7, 11) is 0. The summed E-state index contributed by atoms with van der Waals surface area (Å²) >= 11 is 0. The van der Waals surface area contributed by atoms with Gasteiger partial charge in [0.05, 0.1) is 0 Å². The molecule has 0 aliphatic carbocycles. The molecule has 0 aliphatic heterocycles. The quantitative estimate of drug-likeness (QED) is 0.782. The Morgan fingerprint density at radius 3 is 2.35 bits per heavy atom. The van der Waals surface area contributed by atoms with Crippen LogP contribution in [0.15, 0.2) is 48.5 Å². The molecule has 0 fully saturated rings. The molecule has 3 nitrogen and oxygen atoms in total. The molecule has 0 aliphatic rings. The third kappa shape index (κ3) is 5.53. The van der Waals surface area contributed by atoms with Crippen molar-refractivity contribution in [3.63, 3.8) is 0 Å². The van der Waals surface area contributed by atoms with Gasteiger partial charge in [0.15, 0.2) is 0 Å². The maximum absolute atomic E-state index is 12.2. The summed E-state index contributed by atoms with van der Waals surface area (Å²) in [6.07, 6.45) is 0.986. The van der Waals surface area contributed by atoms with Crippen LogP contribution in [-0.4, -0.2) is 23.2 Å². The summed E-state index contributed by atoms with van der Waals surface area (Å²) in [5.74, 6) is 0.445. The van der Waals surface area contributed by atoms with Gasteiger partial charge >= 0.3 is 6.61 Å². The lowest BCUT2D eigenvalue weighted by Gasteiger charge is -2.22. The molecule has 0 saturated heterocycles. The number of nitrogens with zero attached hydrogens (tertiary/aromatic N) is 1. The molecule has 124 valence electrons. The summed E-state index contributed by atoms with van der Waals surface area (Å²) in [6.45, 7) is 1.48. The van der Waals surface area contributed by atoms with Crippen LogP contribution in [0.25, 0.3) is 0 Å². The van der Waals surface area contributed by atoms with E-state index in [9.17, 15) is 13.9 Å². The Labute approximate surface area is 135 Å². The third-order valence-electron chi connectivity index (χ3n) is 3.48. The Kier molecular flexibility index (Phi) is 6.35. The molecule has 2 aromatic carbocycles. The fourth-order valence-corrected chi connectivity index (χ4v) is 2.45. The van der Waals surface area contributed by atoms with Crippen molar-refractivity contribution < 1.29 is 18.6 Å². The Bertz CT molecular complexity index is 602. The third-order valence-corrected chi connectivity index (χ3v) is 3.48. The monoisotopic (exact) mass is 321 g/mol. The van der Waals surface area contributed by atoms with E-state index < -0.39 is 6.61 Å². The predicted octanol–water partition coefficient (Wildman–Crippen LogP) is 4.41. The normalized spacial score (nSPS) is 11.2. The zero-order chi connectivity index (χ0) is 16.7. The number of aromatic hydroxyl groups is 1. The van der Waals surface area contributed by atoms with Crippen LogP contribution in [0.1, 0.15) is 24.5 Å². The summed E-state index contributed by atoms with van der Waals surface area (Å²) in [4.78, 5) is 2.21. The molecule has 0 atom stereocenters. The number of benzene rings is 2. The molecule has 0 bridgehead atoms. The minimum Gasteiger partial charge on any atom is -0.508 e. The smallest absolute Gasteiger partial charge is 0.387 e. The summed E-state index contributed by atoms with van der Waals surface area (Å²) in [5.41, 5.74) is 1.88. The number of rotatable bonds is 8. The topological polar surface area (TPSA) is 32.7 Å². The van der Waals surface area contributed by atoms with Crippen LogP contribution >= 0.6 is 0 Å². The highest BCUT2D eigenvalue weighted by Crippen LogP contribution is 2.20. The number of halogens is 2. The first-order valence-corrected chi connectivity index (χ1v) is 7.61. The van der Waals surface area contributed by atoms with Crippen LogP contribution in [-0.2, 0) is 13.1 Å². The Morgan fingerprint density at radius 1 is 1.04 bits per heavy atom. The van der Waals surface area contributed by atoms with E-state index in [0.717, 1.165) is 24.1 Å². The number of hydrogen-bond acceptors (Lipinski definition) is 3. The second-order valence-corrected chi connectivity index (χ2v) is 5.36. The molecule has 5 heteroatoms. The molecule has 0 saturated carbocycles. The molecule has 0 spiro atoms. The molecule has 0 heterocycles. The highest BCUT2D eigenvalue weighted by Gasteiger charge is 2.10. The van der Waals surface area contributed by atoms with Crippen molar-refractivity contribution in [3.8, 4) is 11.5 Å². The predicted molar refractivity (Wildman–Crippen MR) is 85.6 cm³/mol. The second kappa shape index (κ2) is 8.48. The van der Waals surface area contributed by atoms with Crippen molar-refractivity contribution in [2.75, 3.05) is 6.54 Å². The van der Waals surface area contributed by atoms with Gasteiger partial charge in [-0.25, -0.2) is 0 Å². The highest BCUT2D eigenvalue weighted by atomic mass is 19.3. The van der Waals surface area contributed by atoms with E-state index in [4.69, 9.17) is 0 Å². The summed E-state index contributed by atoms with van der Waals surface area (Å²) < 4.78 is 28.7. The van der Waals surface area contributed by atoms with Crippen molar-refractivity contribution in [2.45, 2.75) is 33.0 Å². The van der Waals surface area contributed by atoms with E-state index in [1.807, 2.05) is 12.1 Å². The van der Waals surface area contributed by atoms with E-state index in [1.165, 1.54) is 0 Å². The lowest BCUT2D eigenvalue weighted by Crippen LogP contribution is -2.23. The van der Waals surface area contributed by atoms with Gasteiger partial charge in [-0.3, -0.25) is 4.90 Å². The first-order chi connectivity index (χ1) is 11.1. The number of alkyl halides is 2. The number of phenols is 1. The molecule has 0 amide bonds. The fraction of sp³-hybridized carbons (Fsp3) is 0.333. The van der Waals surface area contributed by atoms with Gasteiger partial charge in [0, 0.05) is 18.7 Å². The Hall–Kier alpha value is -2.14. The SMILES string of the molecule is CCCN(Cc1ccc(OC(F)F)cc1)Cc1ccccc1O. The summed E-state index contributed by atoms with van der Waals surface area (Å²) in [5, 5.41) is 9.90. The van der Waals surface area contributed by atoms with Crippen LogP contribution in [0.2, 0.25) is 0 Å². The standard InChI is InChI=1S/C18H21F2NO2/c1-2-11-21(13-15-5-3-4-6-17(15)22)12-14-7-9-16(10-8-14)23-18(19)20/h3-10,18,22H,2,11-13H2,1H3. The number of phenolic OH excluding ortho intramolecular Hbond substituents is 1. The van der Waals surface area contributed by atoms with Gasteiger partial charge in [-0.1, -0.05) is 37.3 Å². The van der Waals surface area contributed by atoms with Crippen molar-refractivity contribution in [1.82, 2.24) is 4.90 Å². The zero-order valence-corrected chi connectivity index (χ0v) is 13.1. The van der Waals surface area contributed by atoms with Crippen molar-refractivity contribution in [1.29, 1.82) is 0 Å². The second-order valence-electron chi connectivity index (χ2n) is 5.36. The van der Waals surface area contributed by atoms with Crippen LogP contribution in [0.3, 0.4) is 0 Å². The van der Waals surface area contributed by atoms with E-state index in [2.05, 4.69) is 16.6 Å². The number of hydrogen-bond donors (Lipinski definition) is 1. The van der Waals surface area contributed by atoms with E-state index in [0.29, 0.717) is 13.1 Å². The molecule has 0 radical (unpaired) electrons. The highest BCUT2D eigenvalue weighted by molar-refractivity contribution is 5.32. The van der Waals surface area contributed by atoms with Crippen LogP contribution in [0, 0.1) is 0 Å². The van der Waals surface area contributed by atoms with Crippen LogP contribution < -0.4 is 4.74 Å². The zero-order valence-electron chi connectivity index (χ0n) is 13.1. The summed E-state index contributed by atoms with van der Waals surface area (Å²) in [6, 6.07) is 13.9. The van der Waals surface area contributed by atoms with Gasteiger partial charge in [0.25, 0.3) is 0 Å². The molecule has 23 heavy (non-hydrogen) atoms. The number of ether oxygens (including phenoxy) is 1. The largest absolute Gasteiger partial charge is 0.508 e. The first kappa shape index (κ1) is 17.2. The minimum atomic E-state index is -2.81. The molecule has 1 N–H and O–H groups in total. The maximum Gasteiger partial charge on any atom is 0.387 e. The fourth-order valence-electron chi connectivity index (χ4n) is 2.45. The Balaban J connectivity index is 2.02. The average Bonchev–Trinajstić information content (AvgIpc) is 2.51. The molecule has 0 unspecified atom stereocenters. The van der Waals surface area contributed by atoms with Crippen molar-refractivity contribution in [3.05, 3.63) is 59.7 Å². The molecular weight excluding hydrogens is 300 g/mol. The molecule has 0 aromatic heterocycles. The lowest BCUT2D eigenvalue weighted by atomic mass is 10.1. The van der Waals surface area contributed by atoms with Gasteiger partial charge in [-0.05, 0) is 36.7 Å². The molecule has 2 aromatic rings. The van der Waals surface area contributed by atoms with Gasteiger partial charge in [0.2, 0.25) is 0 Å². The van der Waals surface area contributed by atoms with Crippen LogP contribution in [0.5, 0.6) is 11.5 Å². The van der Waals surface area contributed by atoms with Gasteiger partial charge in [0.1, 0.15) is 11.5 Å². The maximum atomic E-state index is 12.2. The van der Waals surface area contributed by atoms with Gasteiger partial charge in [-0.2, -0.15) is 8.78 Å². The van der Waals surface area contributed by atoms with E-state index >= 15 is 0 Å². The minimum absolute atomic E-state index is 0.159. The lowest BCUT2D eigenvalue weighted by molar-refractivity contribution is -0.0498. The van der Waals surface area contributed by atoms with Crippen LogP contribution in [0.4, 0.5) is 8.78 Å². The first-order valence-electron chi connectivity index (χ1n) is 7.61. The van der Waals surface area contributed by atoms with Crippen molar-refractivity contribution >= 4 is 0 Å². The van der Waals surface area contributed by atoms with Crippen molar-refractivity contribution in [2.24, 2.45) is 0 Å². The van der Waals surface area contributed by atoms with Gasteiger partial charge in [-0.15, -0.1) is 0 Å². The molecular formula is C18H21F2NO2. The number of para-hydroxylation sites is 1. The van der Waals surface area contributed by atoms with Gasteiger partial charge < -0.3 is 9.84 Å². The Morgan fingerprint density at radius 2 is 1.74 bits per heavy atom. The molecule has 2 rings (SSSR count). The van der Waals surface area contributed by atoms with E-state index in [1.54, 1.807) is 36.4 Å².